The normalized spacial score (nSPS) is 12.4. The van der Waals surface area contributed by atoms with Gasteiger partial charge in [0.25, 0.3) is 0 Å². The molecule has 1 nitrogen and oxygen atoms in total. The Morgan fingerprint density at radius 1 is 1.16 bits per heavy atom. The van der Waals surface area contributed by atoms with Crippen LogP contribution in [0.4, 0.5) is 4.39 Å². The molecule has 2 aromatic rings. The van der Waals surface area contributed by atoms with Crippen molar-refractivity contribution in [1.82, 2.24) is 5.32 Å². The predicted molar refractivity (Wildman–Crippen MR) is 81.1 cm³/mol. The first kappa shape index (κ1) is 14.5. The van der Waals surface area contributed by atoms with Gasteiger partial charge in [0.15, 0.2) is 0 Å². The lowest BCUT2D eigenvalue weighted by Gasteiger charge is -2.19. The van der Waals surface area contributed by atoms with Gasteiger partial charge >= 0.3 is 0 Å². The highest BCUT2D eigenvalue weighted by molar-refractivity contribution is 9.10. The molecule has 0 amide bonds. The van der Waals surface area contributed by atoms with Crippen LogP contribution in [0, 0.1) is 5.82 Å². The Hall–Kier alpha value is -0.900. The molecule has 0 aliphatic heterocycles. The topological polar surface area (TPSA) is 12.0 Å². The van der Waals surface area contributed by atoms with Gasteiger partial charge in [0.05, 0.1) is 6.04 Å². The minimum absolute atomic E-state index is 0.000556. The fourth-order valence-corrected chi connectivity index (χ4v) is 2.92. The molecule has 0 aliphatic carbocycles. The van der Waals surface area contributed by atoms with Crippen molar-refractivity contribution in [2.24, 2.45) is 0 Å². The van der Waals surface area contributed by atoms with E-state index in [0.29, 0.717) is 5.02 Å². The van der Waals surface area contributed by atoms with Crippen LogP contribution in [0.1, 0.15) is 24.1 Å². The first-order chi connectivity index (χ1) is 9.10. The van der Waals surface area contributed by atoms with Gasteiger partial charge in [-0.1, -0.05) is 46.6 Å². The zero-order chi connectivity index (χ0) is 13.8. The Kier molecular flexibility index (Phi) is 4.97. The minimum Gasteiger partial charge on any atom is -0.307 e. The number of nitrogens with one attached hydrogen (secondary N) is 1. The summed E-state index contributed by atoms with van der Waals surface area (Å²) in [6, 6.07) is 12.3. The standard InChI is InChI=1S/C15H14BrClFN/c1-2-19-15(10-3-5-14(18)6-4-10)11-7-12(16)9-13(17)8-11/h3-9,15,19H,2H2,1H3. The Labute approximate surface area is 125 Å². The third-order valence-electron chi connectivity index (χ3n) is 2.83. The Bertz CT molecular complexity index is 536. The van der Waals surface area contributed by atoms with Crippen LogP contribution in [-0.2, 0) is 0 Å². The summed E-state index contributed by atoms with van der Waals surface area (Å²) in [5.74, 6) is -0.230. The maximum atomic E-state index is 13.0. The second-order valence-corrected chi connectivity index (χ2v) is 5.60. The fourth-order valence-electron chi connectivity index (χ4n) is 2.03. The molecule has 0 heterocycles. The molecule has 0 spiro atoms. The van der Waals surface area contributed by atoms with Gasteiger partial charge in [-0.2, -0.15) is 0 Å². The molecule has 0 saturated heterocycles. The average Bonchev–Trinajstić information content (AvgIpc) is 2.36. The number of halogens is 3. The third-order valence-corrected chi connectivity index (χ3v) is 3.51. The van der Waals surface area contributed by atoms with Crippen LogP contribution >= 0.6 is 27.5 Å². The van der Waals surface area contributed by atoms with E-state index < -0.39 is 0 Å². The highest BCUT2D eigenvalue weighted by Gasteiger charge is 2.14. The van der Waals surface area contributed by atoms with Crippen molar-refractivity contribution < 1.29 is 4.39 Å². The molecule has 1 N–H and O–H groups in total. The maximum absolute atomic E-state index is 13.0. The quantitative estimate of drug-likeness (QED) is 0.830. The van der Waals surface area contributed by atoms with E-state index in [9.17, 15) is 4.39 Å². The molecule has 1 atom stereocenters. The van der Waals surface area contributed by atoms with Crippen molar-refractivity contribution >= 4 is 27.5 Å². The lowest BCUT2D eigenvalue weighted by molar-refractivity contribution is 0.613. The molecule has 19 heavy (non-hydrogen) atoms. The van der Waals surface area contributed by atoms with Crippen molar-refractivity contribution in [3.63, 3.8) is 0 Å². The number of rotatable bonds is 4. The highest BCUT2D eigenvalue weighted by Crippen LogP contribution is 2.28. The van der Waals surface area contributed by atoms with Crippen LogP contribution in [0.2, 0.25) is 5.02 Å². The Balaban J connectivity index is 2.41. The van der Waals surface area contributed by atoms with E-state index in [4.69, 9.17) is 11.6 Å². The van der Waals surface area contributed by atoms with Gasteiger partial charge in [-0.3, -0.25) is 0 Å². The first-order valence-corrected chi connectivity index (χ1v) is 7.22. The molecule has 1 unspecified atom stereocenters. The van der Waals surface area contributed by atoms with Gasteiger partial charge in [-0.25, -0.2) is 4.39 Å². The van der Waals surface area contributed by atoms with Crippen molar-refractivity contribution in [2.45, 2.75) is 13.0 Å². The molecule has 4 heteroatoms. The van der Waals surface area contributed by atoms with E-state index in [1.165, 1.54) is 12.1 Å². The summed E-state index contributed by atoms with van der Waals surface area (Å²) in [6.07, 6.45) is 0. The largest absolute Gasteiger partial charge is 0.307 e. The lowest BCUT2D eigenvalue weighted by atomic mass is 9.98. The summed E-state index contributed by atoms with van der Waals surface area (Å²) in [5.41, 5.74) is 2.06. The SMILES string of the molecule is CCNC(c1ccc(F)cc1)c1cc(Cl)cc(Br)c1. The van der Waals surface area contributed by atoms with E-state index in [2.05, 4.69) is 21.2 Å². The lowest BCUT2D eigenvalue weighted by Crippen LogP contribution is -2.22. The summed E-state index contributed by atoms with van der Waals surface area (Å²) in [7, 11) is 0. The molecule has 0 bridgehead atoms. The van der Waals surface area contributed by atoms with E-state index in [1.54, 1.807) is 12.1 Å². The molecule has 0 fully saturated rings. The smallest absolute Gasteiger partial charge is 0.123 e. The van der Waals surface area contributed by atoms with Gasteiger partial charge < -0.3 is 5.32 Å². The highest BCUT2D eigenvalue weighted by atomic mass is 79.9. The molecular weight excluding hydrogens is 329 g/mol. The van der Waals surface area contributed by atoms with Gasteiger partial charge in [0.1, 0.15) is 5.82 Å². The second-order valence-electron chi connectivity index (χ2n) is 4.25. The van der Waals surface area contributed by atoms with Gasteiger partial charge in [-0.15, -0.1) is 0 Å². The van der Waals surface area contributed by atoms with Crippen LogP contribution in [0.3, 0.4) is 0 Å². The molecule has 2 aromatic carbocycles. The maximum Gasteiger partial charge on any atom is 0.123 e. The van der Waals surface area contributed by atoms with Crippen molar-refractivity contribution in [3.8, 4) is 0 Å². The summed E-state index contributed by atoms with van der Waals surface area (Å²) >= 11 is 9.53. The van der Waals surface area contributed by atoms with E-state index in [1.807, 2.05) is 25.1 Å². The van der Waals surface area contributed by atoms with Crippen molar-refractivity contribution in [2.75, 3.05) is 6.54 Å². The molecule has 0 aliphatic rings. The molecule has 0 saturated carbocycles. The zero-order valence-electron chi connectivity index (χ0n) is 10.5. The van der Waals surface area contributed by atoms with Crippen molar-refractivity contribution in [1.29, 1.82) is 0 Å². The number of hydrogen-bond donors (Lipinski definition) is 1. The molecule has 100 valence electrons. The molecule has 0 aromatic heterocycles. The Morgan fingerprint density at radius 3 is 2.42 bits per heavy atom. The van der Waals surface area contributed by atoms with Gasteiger partial charge in [0, 0.05) is 9.50 Å². The van der Waals surface area contributed by atoms with Crippen LogP contribution in [-0.4, -0.2) is 6.54 Å². The minimum atomic E-state index is -0.230. The second kappa shape index (κ2) is 6.51. The van der Waals surface area contributed by atoms with E-state index in [0.717, 1.165) is 22.1 Å². The summed E-state index contributed by atoms with van der Waals surface area (Å²) in [5, 5.41) is 4.06. The van der Waals surface area contributed by atoms with Gasteiger partial charge in [-0.05, 0) is 48.0 Å². The fraction of sp³-hybridized carbons (Fsp3) is 0.200. The van der Waals surface area contributed by atoms with E-state index >= 15 is 0 Å². The summed E-state index contributed by atoms with van der Waals surface area (Å²) in [6.45, 7) is 2.85. The van der Waals surface area contributed by atoms with Crippen LogP contribution < -0.4 is 5.32 Å². The monoisotopic (exact) mass is 341 g/mol. The summed E-state index contributed by atoms with van der Waals surface area (Å²) in [4.78, 5) is 0. The van der Waals surface area contributed by atoms with Crippen molar-refractivity contribution in [3.05, 3.63) is 68.9 Å². The average molecular weight is 343 g/mol. The van der Waals surface area contributed by atoms with Crippen LogP contribution in [0.15, 0.2) is 46.9 Å². The number of benzene rings is 2. The van der Waals surface area contributed by atoms with Crippen LogP contribution in [0.5, 0.6) is 0 Å². The molecule has 0 radical (unpaired) electrons. The molecule has 2 rings (SSSR count). The molecular formula is C15H14BrClFN. The van der Waals surface area contributed by atoms with Crippen LogP contribution in [0.25, 0.3) is 0 Å². The Morgan fingerprint density at radius 2 is 1.84 bits per heavy atom. The zero-order valence-corrected chi connectivity index (χ0v) is 12.8. The summed E-state index contributed by atoms with van der Waals surface area (Å²) < 4.78 is 13.9. The predicted octanol–water partition coefficient (Wildman–Crippen LogP) is 4.94. The number of hydrogen-bond acceptors (Lipinski definition) is 1. The third kappa shape index (κ3) is 3.78. The van der Waals surface area contributed by atoms with Gasteiger partial charge in [0.2, 0.25) is 0 Å². The van der Waals surface area contributed by atoms with E-state index in [-0.39, 0.29) is 11.9 Å². The first-order valence-electron chi connectivity index (χ1n) is 6.05.